The van der Waals surface area contributed by atoms with Gasteiger partial charge in [-0.3, -0.25) is 37.3 Å². The second-order valence-corrected chi connectivity index (χ2v) is 30.9. The summed E-state index contributed by atoms with van der Waals surface area (Å²) in [5.41, 5.74) is 0. The molecule has 0 aliphatic carbocycles. The average Bonchev–Trinajstić information content (AvgIpc) is 1.53. The van der Waals surface area contributed by atoms with E-state index in [4.69, 9.17) is 37.0 Å². The Bertz CT molecular complexity index is 1820. The molecule has 0 aromatic rings. The first kappa shape index (κ1) is 90.1. The second kappa shape index (κ2) is 62.6. The van der Waals surface area contributed by atoms with Gasteiger partial charge in [-0.15, -0.1) is 0 Å². The van der Waals surface area contributed by atoms with Crippen molar-refractivity contribution in [3.63, 3.8) is 0 Å². The molecule has 0 aliphatic rings. The zero-order valence-corrected chi connectivity index (χ0v) is 62.0. The van der Waals surface area contributed by atoms with Crippen LogP contribution in [0.15, 0.2) is 0 Å². The molecule has 3 unspecified atom stereocenters. The highest BCUT2D eigenvalue weighted by Gasteiger charge is 2.30. The Morgan fingerprint density at radius 1 is 0.304 bits per heavy atom. The Balaban J connectivity index is 5.25. The molecule has 0 fully saturated rings. The van der Waals surface area contributed by atoms with Crippen molar-refractivity contribution in [1.29, 1.82) is 0 Å². The van der Waals surface area contributed by atoms with E-state index in [1.165, 1.54) is 161 Å². The maximum atomic E-state index is 13.0. The molecular weight excluding hydrogens is 1210 g/mol. The van der Waals surface area contributed by atoms with Crippen LogP contribution in [0.1, 0.15) is 364 Å². The number of aliphatic hydroxyl groups excluding tert-OH is 1. The fourth-order valence-corrected chi connectivity index (χ4v) is 12.6. The van der Waals surface area contributed by atoms with Crippen LogP contribution in [0.3, 0.4) is 0 Å². The zero-order valence-electron chi connectivity index (χ0n) is 60.2. The van der Waals surface area contributed by atoms with Gasteiger partial charge in [-0.05, 0) is 49.4 Å². The summed E-state index contributed by atoms with van der Waals surface area (Å²) in [5.74, 6) is 0.894. The molecule has 0 amide bonds. The summed E-state index contributed by atoms with van der Waals surface area (Å²) in [6, 6.07) is 0. The first-order valence-corrected chi connectivity index (χ1v) is 40.7. The summed E-state index contributed by atoms with van der Waals surface area (Å²) in [6.45, 7) is 14.1. The molecule has 0 saturated heterocycles. The van der Waals surface area contributed by atoms with E-state index in [1.54, 1.807) is 0 Å². The monoisotopic (exact) mass is 1350 g/mol. The summed E-state index contributed by atoms with van der Waals surface area (Å²) in [6.07, 6.45) is 45.8. The molecule has 19 heteroatoms. The van der Waals surface area contributed by atoms with Crippen LogP contribution in [0.25, 0.3) is 0 Å². The van der Waals surface area contributed by atoms with Crippen molar-refractivity contribution in [2.45, 2.75) is 382 Å². The van der Waals surface area contributed by atoms with Crippen LogP contribution in [0.2, 0.25) is 0 Å². The molecule has 0 radical (unpaired) electrons. The molecule has 92 heavy (non-hydrogen) atoms. The summed E-state index contributed by atoms with van der Waals surface area (Å²) in [4.78, 5) is 72.7. The maximum absolute atomic E-state index is 13.0. The van der Waals surface area contributed by atoms with Crippen LogP contribution < -0.4 is 0 Å². The molecule has 0 aromatic heterocycles. The maximum Gasteiger partial charge on any atom is 0.472 e. The number of carbonyl (C=O) groups is 4. The number of unbranched alkanes of at least 4 members (excludes halogenated alkanes) is 35. The van der Waals surface area contributed by atoms with Gasteiger partial charge in [0.05, 0.1) is 26.4 Å². The summed E-state index contributed by atoms with van der Waals surface area (Å²) < 4.78 is 68.4. The minimum Gasteiger partial charge on any atom is -0.462 e. The van der Waals surface area contributed by atoms with Gasteiger partial charge in [0.2, 0.25) is 0 Å². The summed E-state index contributed by atoms with van der Waals surface area (Å²) in [5, 5.41) is 10.6. The molecule has 546 valence electrons. The van der Waals surface area contributed by atoms with E-state index < -0.39 is 97.5 Å². The number of rotatable bonds is 70. The minimum atomic E-state index is -4.95. The van der Waals surface area contributed by atoms with Gasteiger partial charge < -0.3 is 33.8 Å². The first-order chi connectivity index (χ1) is 44.1. The van der Waals surface area contributed by atoms with Crippen LogP contribution >= 0.6 is 15.6 Å². The third-order valence-corrected chi connectivity index (χ3v) is 19.1. The van der Waals surface area contributed by atoms with E-state index in [2.05, 4.69) is 55.4 Å². The van der Waals surface area contributed by atoms with Gasteiger partial charge in [0.25, 0.3) is 0 Å². The molecule has 6 atom stereocenters. The lowest BCUT2D eigenvalue weighted by atomic mass is 10.00. The topological polar surface area (TPSA) is 237 Å². The highest BCUT2D eigenvalue weighted by atomic mass is 31.2. The van der Waals surface area contributed by atoms with Crippen molar-refractivity contribution < 1.29 is 80.2 Å². The van der Waals surface area contributed by atoms with Crippen molar-refractivity contribution in [2.24, 2.45) is 23.7 Å². The SMILES string of the molecule is CCC(C)CCCCCCCCC(=O)OC[C@H](COP(=O)(O)OC[C@H](O)COP(=O)(O)OC[C@@H](COC(=O)CCCCCCCCCCC(C)C)OC(=O)CCCCCCCCCCCCCCCC(C)C)OC(=O)CCCCCCCCCCCCCCC(C)C. The van der Waals surface area contributed by atoms with Gasteiger partial charge in [-0.25, -0.2) is 9.13 Å². The Morgan fingerprint density at radius 3 is 0.772 bits per heavy atom. The second-order valence-electron chi connectivity index (χ2n) is 28.0. The van der Waals surface area contributed by atoms with Crippen LogP contribution in [0.4, 0.5) is 0 Å². The van der Waals surface area contributed by atoms with Crippen LogP contribution in [0, 0.1) is 23.7 Å². The van der Waals surface area contributed by atoms with Gasteiger partial charge in [0.1, 0.15) is 19.3 Å². The molecule has 0 spiro atoms. The summed E-state index contributed by atoms with van der Waals surface area (Å²) >= 11 is 0. The molecular formula is C73H142O17P2. The van der Waals surface area contributed by atoms with Crippen LogP contribution in [-0.4, -0.2) is 96.7 Å². The fraction of sp³-hybridized carbons (Fsp3) is 0.945. The minimum absolute atomic E-state index is 0.105. The highest BCUT2D eigenvalue weighted by Crippen LogP contribution is 2.45. The van der Waals surface area contributed by atoms with E-state index >= 15 is 0 Å². The van der Waals surface area contributed by atoms with Gasteiger partial charge in [-0.1, -0.05) is 312 Å². The van der Waals surface area contributed by atoms with E-state index in [0.717, 1.165) is 120 Å². The zero-order chi connectivity index (χ0) is 68.2. The van der Waals surface area contributed by atoms with E-state index in [9.17, 15) is 43.2 Å². The van der Waals surface area contributed by atoms with Gasteiger partial charge >= 0.3 is 39.5 Å². The van der Waals surface area contributed by atoms with Crippen molar-refractivity contribution in [1.82, 2.24) is 0 Å². The average molecular weight is 1350 g/mol. The number of hydrogen-bond donors (Lipinski definition) is 3. The number of phosphoric ester groups is 2. The Kier molecular flexibility index (Phi) is 61.3. The van der Waals surface area contributed by atoms with Crippen molar-refractivity contribution in [3.05, 3.63) is 0 Å². The number of hydrogen-bond acceptors (Lipinski definition) is 15. The lowest BCUT2D eigenvalue weighted by Crippen LogP contribution is -2.30. The standard InChI is InChI=1S/C73H142O17P2/c1-9-66(8)52-44-36-31-32-38-46-54-71(76)84-60-69(90-73(78)56-48-40-30-22-18-14-13-16-20-26-34-42-50-64(4)5)62-88-92(81,82)86-58-67(74)57-85-91(79,80)87-61-68(59-83-70(75)53-45-37-28-24-23-27-35-43-51-65(6)7)89-72(77)55-47-39-29-21-17-12-10-11-15-19-25-33-41-49-63(2)3/h63-69,74H,9-62H2,1-8H3,(H,79,80)(H,81,82)/t66?,67-,68-,69-/m1/s1. The number of esters is 4. The number of ether oxygens (including phenoxy) is 4. The van der Waals surface area contributed by atoms with Crippen LogP contribution in [0.5, 0.6) is 0 Å². The van der Waals surface area contributed by atoms with Crippen molar-refractivity contribution in [3.8, 4) is 0 Å². The smallest absolute Gasteiger partial charge is 0.462 e. The molecule has 0 rings (SSSR count). The summed E-state index contributed by atoms with van der Waals surface area (Å²) in [7, 11) is -9.91. The molecule has 0 heterocycles. The Hall–Kier alpha value is -1.94. The lowest BCUT2D eigenvalue weighted by molar-refractivity contribution is -0.161. The number of aliphatic hydroxyl groups is 1. The third kappa shape index (κ3) is 65.4. The molecule has 0 aromatic carbocycles. The fourth-order valence-electron chi connectivity index (χ4n) is 11.0. The first-order valence-electron chi connectivity index (χ1n) is 37.7. The highest BCUT2D eigenvalue weighted by molar-refractivity contribution is 7.47. The van der Waals surface area contributed by atoms with Gasteiger partial charge in [0, 0.05) is 25.7 Å². The van der Waals surface area contributed by atoms with Crippen molar-refractivity contribution >= 4 is 39.5 Å². The molecule has 0 saturated carbocycles. The Labute approximate surface area is 562 Å². The molecule has 17 nitrogen and oxygen atoms in total. The Morgan fingerprint density at radius 2 is 0.522 bits per heavy atom. The molecule has 0 bridgehead atoms. The number of phosphoric acid groups is 2. The molecule has 0 aliphatic heterocycles. The lowest BCUT2D eigenvalue weighted by Gasteiger charge is -2.21. The van der Waals surface area contributed by atoms with Crippen LogP contribution in [-0.2, 0) is 65.4 Å². The van der Waals surface area contributed by atoms with E-state index in [1.807, 2.05) is 0 Å². The van der Waals surface area contributed by atoms with E-state index in [-0.39, 0.29) is 25.7 Å². The van der Waals surface area contributed by atoms with Crippen molar-refractivity contribution in [2.75, 3.05) is 39.6 Å². The normalized spacial score (nSPS) is 14.5. The third-order valence-electron chi connectivity index (χ3n) is 17.2. The quantitative estimate of drug-likeness (QED) is 0.0222. The van der Waals surface area contributed by atoms with E-state index in [0.29, 0.717) is 25.7 Å². The largest absolute Gasteiger partial charge is 0.472 e. The van der Waals surface area contributed by atoms with Gasteiger partial charge in [0.15, 0.2) is 12.2 Å². The predicted octanol–water partition coefficient (Wildman–Crippen LogP) is 20.9. The van der Waals surface area contributed by atoms with Gasteiger partial charge in [-0.2, -0.15) is 0 Å². The number of carbonyl (C=O) groups excluding carboxylic acids is 4. The molecule has 3 N–H and O–H groups in total. The predicted molar refractivity (Wildman–Crippen MR) is 372 cm³/mol.